The first kappa shape index (κ1) is 24.3. The summed E-state index contributed by atoms with van der Waals surface area (Å²) in [5.74, 6) is 0.0140. The van der Waals surface area contributed by atoms with Crippen molar-refractivity contribution in [3.63, 3.8) is 0 Å². The lowest BCUT2D eigenvalue weighted by atomic mass is 10.1. The van der Waals surface area contributed by atoms with Gasteiger partial charge in [0.05, 0.1) is 0 Å². The normalized spacial score (nSPS) is 10.8. The van der Waals surface area contributed by atoms with E-state index >= 15 is 0 Å². The lowest BCUT2D eigenvalue weighted by Crippen LogP contribution is -2.33. The largest absolute Gasteiger partial charge is 0.451 e. The molecule has 0 atom stereocenters. The van der Waals surface area contributed by atoms with E-state index in [0.717, 1.165) is 16.5 Å². The molecule has 0 bridgehead atoms. The molecule has 0 spiro atoms. The number of halogens is 1. The van der Waals surface area contributed by atoms with Crippen molar-refractivity contribution in [2.75, 3.05) is 10.6 Å². The van der Waals surface area contributed by atoms with E-state index in [1.165, 1.54) is 0 Å². The van der Waals surface area contributed by atoms with Crippen LogP contribution in [-0.4, -0.2) is 16.9 Å². The van der Waals surface area contributed by atoms with E-state index < -0.39 is 5.91 Å². The molecular formula is C28H20ClN3O4S. The summed E-state index contributed by atoms with van der Waals surface area (Å²) >= 11 is 11.3. The van der Waals surface area contributed by atoms with Crippen LogP contribution in [-0.2, 0) is 0 Å². The van der Waals surface area contributed by atoms with E-state index in [0.29, 0.717) is 27.7 Å². The molecule has 0 saturated heterocycles. The second-order valence-electron chi connectivity index (χ2n) is 8.21. The van der Waals surface area contributed by atoms with Crippen molar-refractivity contribution in [2.45, 2.75) is 6.92 Å². The minimum atomic E-state index is -0.489. The molecule has 9 heteroatoms. The van der Waals surface area contributed by atoms with Crippen molar-refractivity contribution >= 4 is 63.1 Å². The number of anilines is 2. The zero-order chi connectivity index (χ0) is 25.9. The first-order valence-corrected chi connectivity index (χ1v) is 12.0. The van der Waals surface area contributed by atoms with Gasteiger partial charge in [0.2, 0.25) is 0 Å². The number of amides is 2. The molecule has 7 nitrogen and oxygen atoms in total. The third-order valence-corrected chi connectivity index (χ3v) is 5.99. The number of benzene rings is 3. The van der Waals surface area contributed by atoms with Gasteiger partial charge in [-0.15, -0.1) is 0 Å². The number of nitrogens with one attached hydrogen (secondary N) is 3. The van der Waals surface area contributed by atoms with E-state index in [1.807, 2.05) is 37.3 Å². The number of fused-ring (bicyclic) bond motifs is 1. The molecule has 5 aromatic rings. The molecule has 0 saturated carbocycles. The fourth-order valence-corrected chi connectivity index (χ4v) is 4.14. The molecule has 0 aliphatic heterocycles. The number of furan rings is 2. The maximum Gasteiger partial charge on any atom is 0.293 e. The summed E-state index contributed by atoms with van der Waals surface area (Å²) in [6.07, 6.45) is 0. The lowest BCUT2D eigenvalue weighted by molar-refractivity contribution is 0.0950. The number of hydrogen-bond acceptors (Lipinski definition) is 5. The Bertz CT molecular complexity index is 1620. The molecule has 0 radical (unpaired) electrons. The summed E-state index contributed by atoms with van der Waals surface area (Å²) in [6, 6.07) is 24.8. The zero-order valence-corrected chi connectivity index (χ0v) is 21.1. The van der Waals surface area contributed by atoms with Crippen molar-refractivity contribution in [2.24, 2.45) is 0 Å². The van der Waals surface area contributed by atoms with Gasteiger partial charge in [-0.05, 0) is 79.3 Å². The molecular weight excluding hydrogens is 510 g/mol. The van der Waals surface area contributed by atoms with Gasteiger partial charge >= 0.3 is 0 Å². The average molecular weight is 530 g/mol. The van der Waals surface area contributed by atoms with Crippen LogP contribution in [0.5, 0.6) is 0 Å². The van der Waals surface area contributed by atoms with Crippen molar-refractivity contribution < 1.29 is 18.4 Å². The van der Waals surface area contributed by atoms with E-state index in [1.54, 1.807) is 54.6 Å². The Balaban J connectivity index is 1.20. The molecule has 2 amide bonds. The third-order valence-electron chi connectivity index (χ3n) is 5.55. The Morgan fingerprint density at radius 1 is 0.811 bits per heavy atom. The van der Waals surface area contributed by atoms with Crippen molar-refractivity contribution in [3.05, 3.63) is 107 Å². The third kappa shape index (κ3) is 5.55. The first-order chi connectivity index (χ1) is 17.9. The number of rotatable bonds is 5. The van der Waals surface area contributed by atoms with Crippen LogP contribution in [0.2, 0.25) is 5.02 Å². The Morgan fingerprint density at radius 3 is 2.43 bits per heavy atom. The fourth-order valence-electron chi connectivity index (χ4n) is 3.74. The minimum Gasteiger partial charge on any atom is -0.451 e. The second-order valence-corrected chi connectivity index (χ2v) is 9.06. The molecule has 0 fully saturated rings. The first-order valence-electron chi connectivity index (χ1n) is 11.2. The Hall–Kier alpha value is -4.40. The zero-order valence-electron chi connectivity index (χ0n) is 19.5. The number of thiocarbonyl (C=S) groups is 1. The quantitative estimate of drug-likeness (QED) is 0.211. The van der Waals surface area contributed by atoms with E-state index in [-0.39, 0.29) is 22.5 Å². The number of para-hydroxylation sites is 1. The topological polar surface area (TPSA) is 96.5 Å². The molecule has 2 aromatic heterocycles. The molecule has 37 heavy (non-hydrogen) atoms. The standard InChI is InChI=1S/C28H20ClN3O4S/c1-16-13-20(9-10-21(16)31-27(34)25-15-18-5-2-3-8-22(18)36-25)30-28(37)32-26(33)24-12-11-23(35-24)17-6-4-7-19(29)14-17/h2-15H,1H3,(H,31,34)(H2,30,32,33,37). The smallest absolute Gasteiger partial charge is 0.293 e. The predicted octanol–water partition coefficient (Wildman–Crippen LogP) is 7.03. The van der Waals surface area contributed by atoms with Gasteiger partial charge in [-0.1, -0.05) is 41.9 Å². The Morgan fingerprint density at radius 2 is 1.65 bits per heavy atom. The van der Waals surface area contributed by atoms with Crippen LogP contribution in [0.3, 0.4) is 0 Å². The van der Waals surface area contributed by atoms with Crippen molar-refractivity contribution in [3.8, 4) is 11.3 Å². The van der Waals surface area contributed by atoms with E-state index in [9.17, 15) is 9.59 Å². The average Bonchev–Trinajstić information content (AvgIpc) is 3.53. The molecule has 2 heterocycles. The monoisotopic (exact) mass is 529 g/mol. The van der Waals surface area contributed by atoms with Crippen LogP contribution in [0, 0.1) is 6.92 Å². The number of aryl methyl sites for hydroxylation is 1. The van der Waals surface area contributed by atoms with Gasteiger partial charge in [-0.25, -0.2) is 0 Å². The lowest BCUT2D eigenvalue weighted by Gasteiger charge is -2.12. The van der Waals surface area contributed by atoms with E-state index in [4.69, 9.17) is 32.7 Å². The Labute approximate surface area is 222 Å². The van der Waals surface area contributed by atoms with Crippen LogP contribution in [0.15, 0.2) is 93.8 Å². The highest BCUT2D eigenvalue weighted by atomic mass is 35.5. The molecule has 0 aliphatic rings. The fraction of sp³-hybridized carbons (Fsp3) is 0.0357. The highest BCUT2D eigenvalue weighted by molar-refractivity contribution is 7.80. The van der Waals surface area contributed by atoms with Gasteiger partial charge in [-0.2, -0.15) is 0 Å². The summed E-state index contributed by atoms with van der Waals surface area (Å²) < 4.78 is 11.3. The van der Waals surface area contributed by atoms with Crippen LogP contribution >= 0.6 is 23.8 Å². The maximum absolute atomic E-state index is 12.7. The molecule has 5 rings (SSSR count). The summed E-state index contributed by atoms with van der Waals surface area (Å²) in [6.45, 7) is 1.85. The molecule has 3 N–H and O–H groups in total. The second kappa shape index (κ2) is 10.3. The van der Waals surface area contributed by atoms with E-state index in [2.05, 4.69) is 16.0 Å². The van der Waals surface area contributed by atoms with Gasteiger partial charge in [0.15, 0.2) is 16.6 Å². The van der Waals surface area contributed by atoms with Crippen LogP contribution < -0.4 is 16.0 Å². The highest BCUT2D eigenvalue weighted by Gasteiger charge is 2.16. The summed E-state index contributed by atoms with van der Waals surface area (Å²) in [5, 5.41) is 9.95. The van der Waals surface area contributed by atoms with Crippen molar-refractivity contribution in [1.82, 2.24) is 5.32 Å². The maximum atomic E-state index is 12.7. The number of hydrogen-bond donors (Lipinski definition) is 3. The van der Waals surface area contributed by atoms with Gasteiger partial charge < -0.3 is 19.5 Å². The van der Waals surface area contributed by atoms with Crippen LogP contribution in [0.4, 0.5) is 11.4 Å². The summed E-state index contributed by atoms with van der Waals surface area (Å²) in [4.78, 5) is 25.2. The molecule has 3 aromatic carbocycles. The Kier molecular flexibility index (Phi) is 6.76. The number of carbonyl (C=O) groups excluding carboxylic acids is 2. The minimum absolute atomic E-state index is 0.101. The van der Waals surface area contributed by atoms with Crippen molar-refractivity contribution in [1.29, 1.82) is 0 Å². The van der Waals surface area contributed by atoms with Crippen LogP contribution in [0.1, 0.15) is 26.7 Å². The summed E-state index contributed by atoms with van der Waals surface area (Å²) in [7, 11) is 0. The SMILES string of the molecule is Cc1cc(NC(=S)NC(=O)c2ccc(-c3cccc(Cl)c3)o2)ccc1NC(=O)c1cc2ccccc2o1. The number of carbonyl (C=O) groups is 2. The summed E-state index contributed by atoms with van der Waals surface area (Å²) in [5.41, 5.74) is 3.46. The highest BCUT2D eigenvalue weighted by Crippen LogP contribution is 2.25. The predicted molar refractivity (Wildman–Crippen MR) is 148 cm³/mol. The molecule has 184 valence electrons. The van der Waals surface area contributed by atoms with Gasteiger partial charge in [0.25, 0.3) is 11.8 Å². The van der Waals surface area contributed by atoms with Gasteiger partial charge in [-0.3, -0.25) is 14.9 Å². The molecule has 0 aliphatic carbocycles. The van der Waals surface area contributed by atoms with Gasteiger partial charge in [0, 0.05) is 27.3 Å². The van der Waals surface area contributed by atoms with Crippen LogP contribution in [0.25, 0.3) is 22.3 Å². The molecule has 0 unspecified atom stereocenters. The van der Waals surface area contributed by atoms with Gasteiger partial charge in [0.1, 0.15) is 11.3 Å².